The van der Waals surface area contributed by atoms with E-state index in [1.165, 1.54) is 17.0 Å². The van der Waals surface area contributed by atoms with Crippen LogP contribution in [0.1, 0.15) is 35.2 Å². The molecule has 9 heteroatoms. The van der Waals surface area contributed by atoms with E-state index in [1.807, 2.05) is 0 Å². The number of piperazine rings is 1. The van der Waals surface area contributed by atoms with E-state index in [0.717, 1.165) is 38.1 Å². The smallest absolute Gasteiger partial charge is 0.376 e. The van der Waals surface area contributed by atoms with Gasteiger partial charge >= 0.3 is 6.18 Å². The molecule has 2 aliphatic heterocycles. The Morgan fingerprint density at radius 1 is 1.17 bits per heavy atom. The van der Waals surface area contributed by atoms with E-state index in [0.29, 0.717) is 26.2 Å². The van der Waals surface area contributed by atoms with Crippen molar-refractivity contribution >= 4 is 11.8 Å². The quantitative estimate of drug-likeness (QED) is 0.777. The fraction of sp³-hybridized carbons (Fsp3) is 0.600. The first-order valence-electron chi connectivity index (χ1n) is 9.91. The van der Waals surface area contributed by atoms with Crippen LogP contribution in [0.15, 0.2) is 24.3 Å². The van der Waals surface area contributed by atoms with Gasteiger partial charge in [0.15, 0.2) is 0 Å². The largest absolute Gasteiger partial charge is 0.416 e. The lowest BCUT2D eigenvalue weighted by atomic mass is 10.1. The number of ether oxygens (including phenoxy) is 1. The predicted molar refractivity (Wildman–Crippen MR) is 100 cm³/mol. The summed E-state index contributed by atoms with van der Waals surface area (Å²) in [5, 5.41) is 3.18. The first-order chi connectivity index (χ1) is 13.8. The SMILES string of the molecule is O=C(CCN(CC1CCCO1)C(=O)c1ccc(C(F)(F)F)cc1)N1CCNCC1. The van der Waals surface area contributed by atoms with Gasteiger partial charge in [-0.25, -0.2) is 0 Å². The maximum Gasteiger partial charge on any atom is 0.416 e. The molecule has 3 rings (SSSR count). The summed E-state index contributed by atoms with van der Waals surface area (Å²) in [5.41, 5.74) is -0.626. The molecule has 2 amide bonds. The van der Waals surface area contributed by atoms with Crippen LogP contribution in [0.4, 0.5) is 13.2 Å². The molecule has 29 heavy (non-hydrogen) atoms. The Balaban J connectivity index is 1.66. The number of halogens is 3. The Morgan fingerprint density at radius 3 is 2.45 bits per heavy atom. The molecule has 0 saturated carbocycles. The number of alkyl halides is 3. The van der Waals surface area contributed by atoms with Crippen LogP contribution in [0.3, 0.4) is 0 Å². The van der Waals surface area contributed by atoms with Crippen molar-refractivity contribution < 1.29 is 27.5 Å². The molecule has 1 aromatic carbocycles. The number of nitrogens with zero attached hydrogens (tertiary/aromatic N) is 2. The summed E-state index contributed by atoms with van der Waals surface area (Å²) in [7, 11) is 0. The van der Waals surface area contributed by atoms with Gasteiger partial charge in [-0.05, 0) is 37.1 Å². The van der Waals surface area contributed by atoms with Crippen molar-refractivity contribution in [3.8, 4) is 0 Å². The third-order valence-electron chi connectivity index (χ3n) is 5.26. The fourth-order valence-corrected chi connectivity index (χ4v) is 3.60. The lowest BCUT2D eigenvalue weighted by Crippen LogP contribution is -2.47. The van der Waals surface area contributed by atoms with Gasteiger partial charge in [-0.1, -0.05) is 0 Å². The minimum absolute atomic E-state index is 0.0240. The number of carbonyl (C=O) groups is 2. The van der Waals surface area contributed by atoms with Crippen molar-refractivity contribution in [3.05, 3.63) is 35.4 Å². The highest BCUT2D eigenvalue weighted by molar-refractivity contribution is 5.94. The van der Waals surface area contributed by atoms with Gasteiger partial charge in [0.1, 0.15) is 0 Å². The molecule has 2 heterocycles. The summed E-state index contributed by atoms with van der Waals surface area (Å²) in [4.78, 5) is 28.7. The molecule has 1 atom stereocenters. The maximum atomic E-state index is 12.9. The second kappa shape index (κ2) is 9.58. The molecule has 2 fully saturated rings. The van der Waals surface area contributed by atoms with Crippen LogP contribution >= 0.6 is 0 Å². The number of hydrogen-bond donors (Lipinski definition) is 1. The standard InChI is InChI=1S/C20H26F3N3O3/c21-20(22,23)16-5-3-15(4-6-16)19(28)26(14-17-2-1-13-29-17)10-7-18(27)25-11-8-24-9-12-25/h3-6,17,24H,1-2,7-14H2. The summed E-state index contributed by atoms with van der Waals surface area (Å²) < 4.78 is 43.9. The zero-order chi connectivity index (χ0) is 20.9. The average molecular weight is 413 g/mol. The van der Waals surface area contributed by atoms with Gasteiger partial charge in [-0.2, -0.15) is 13.2 Å². The van der Waals surface area contributed by atoms with E-state index in [4.69, 9.17) is 4.74 Å². The summed E-state index contributed by atoms with van der Waals surface area (Å²) in [6.07, 6.45) is -2.65. The molecule has 0 radical (unpaired) electrons. The highest BCUT2D eigenvalue weighted by Gasteiger charge is 2.31. The van der Waals surface area contributed by atoms with Crippen LogP contribution in [0.25, 0.3) is 0 Å². The molecule has 0 spiro atoms. The van der Waals surface area contributed by atoms with E-state index in [9.17, 15) is 22.8 Å². The minimum Gasteiger partial charge on any atom is -0.376 e. The van der Waals surface area contributed by atoms with Crippen LogP contribution in [0.2, 0.25) is 0 Å². The van der Waals surface area contributed by atoms with Crippen LogP contribution in [-0.2, 0) is 15.7 Å². The van der Waals surface area contributed by atoms with Gasteiger partial charge in [0.25, 0.3) is 5.91 Å². The zero-order valence-corrected chi connectivity index (χ0v) is 16.2. The van der Waals surface area contributed by atoms with Crippen molar-refractivity contribution in [2.45, 2.75) is 31.5 Å². The first kappa shape index (κ1) is 21.6. The van der Waals surface area contributed by atoms with Gasteiger partial charge in [0.05, 0.1) is 11.7 Å². The molecule has 1 N–H and O–H groups in total. The Bertz CT molecular complexity index is 697. The van der Waals surface area contributed by atoms with E-state index >= 15 is 0 Å². The van der Waals surface area contributed by atoms with Gasteiger partial charge in [-0.3, -0.25) is 9.59 Å². The molecule has 2 aliphatic rings. The van der Waals surface area contributed by atoms with E-state index < -0.39 is 11.7 Å². The molecule has 160 valence electrons. The average Bonchev–Trinajstić information content (AvgIpc) is 3.23. The number of nitrogens with one attached hydrogen (secondary N) is 1. The van der Waals surface area contributed by atoms with Crippen molar-refractivity contribution in [2.75, 3.05) is 45.9 Å². The molecule has 0 bridgehead atoms. The summed E-state index contributed by atoms with van der Waals surface area (Å²) in [6.45, 7) is 3.93. The van der Waals surface area contributed by atoms with Crippen molar-refractivity contribution in [3.63, 3.8) is 0 Å². The van der Waals surface area contributed by atoms with E-state index in [1.54, 1.807) is 4.90 Å². The molecule has 1 unspecified atom stereocenters. The van der Waals surface area contributed by atoms with Crippen molar-refractivity contribution in [1.29, 1.82) is 0 Å². The fourth-order valence-electron chi connectivity index (χ4n) is 3.60. The highest BCUT2D eigenvalue weighted by atomic mass is 19.4. The van der Waals surface area contributed by atoms with Gasteiger partial charge in [-0.15, -0.1) is 0 Å². The molecule has 6 nitrogen and oxygen atoms in total. The number of amides is 2. The third-order valence-corrected chi connectivity index (χ3v) is 5.26. The second-order valence-electron chi connectivity index (χ2n) is 7.34. The summed E-state index contributed by atoms with van der Waals surface area (Å²) >= 11 is 0. The summed E-state index contributed by atoms with van der Waals surface area (Å²) in [6, 6.07) is 4.18. The normalized spacial score (nSPS) is 20.0. The predicted octanol–water partition coefficient (Wildman–Crippen LogP) is 2.15. The second-order valence-corrected chi connectivity index (χ2v) is 7.34. The van der Waals surface area contributed by atoms with Gasteiger partial charge in [0.2, 0.25) is 5.91 Å². The maximum absolute atomic E-state index is 12.9. The van der Waals surface area contributed by atoms with Crippen molar-refractivity contribution in [1.82, 2.24) is 15.1 Å². The third kappa shape index (κ3) is 5.93. The lowest BCUT2D eigenvalue weighted by molar-refractivity contribution is -0.137. The van der Waals surface area contributed by atoms with Crippen LogP contribution < -0.4 is 5.32 Å². The molecule has 0 aromatic heterocycles. The van der Waals surface area contributed by atoms with E-state index in [-0.39, 0.29) is 36.4 Å². The monoisotopic (exact) mass is 413 g/mol. The number of hydrogen-bond acceptors (Lipinski definition) is 4. The Kier molecular flexibility index (Phi) is 7.13. The number of rotatable bonds is 6. The lowest BCUT2D eigenvalue weighted by Gasteiger charge is -2.30. The first-order valence-corrected chi connectivity index (χ1v) is 9.91. The topological polar surface area (TPSA) is 61.9 Å². The zero-order valence-electron chi connectivity index (χ0n) is 16.2. The van der Waals surface area contributed by atoms with Crippen LogP contribution in [-0.4, -0.2) is 73.6 Å². The highest BCUT2D eigenvalue weighted by Crippen LogP contribution is 2.29. The summed E-state index contributed by atoms with van der Waals surface area (Å²) in [5.74, 6) is -0.411. The van der Waals surface area contributed by atoms with Gasteiger partial charge in [0, 0.05) is 57.9 Å². The molecule has 1 aromatic rings. The van der Waals surface area contributed by atoms with Crippen LogP contribution in [0.5, 0.6) is 0 Å². The minimum atomic E-state index is -4.45. The van der Waals surface area contributed by atoms with Crippen LogP contribution in [0, 0.1) is 0 Å². The Hall–Kier alpha value is -2.13. The molecule has 2 saturated heterocycles. The number of benzene rings is 1. The van der Waals surface area contributed by atoms with Crippen molar-refractivity contribution in [2.24, 2.45) is 0 Å². The Labute approximate surface area is 168 Å². The van der Waals surface area contributed by atoms with Gasteiger partial charge < -0.3 is 19.9 Å². The van der Waals surface area contributed by atoms with E-state index in [2.05, 4.69) is 5.32 Å². The Morgan fingerprint density at radius 2 is 1.86 bits per heavy atom. The molecular formula is C20H26F3N3O3. The molecular weight excluding hydrogens is 387 g/mol. The molecule has 0 aliphatic carbocycles. The number of carbonyl (C=O) groups excluding carboxylic acids is 2.